The highest BCUT2D eigenvalue weighted by Crippen LogP contribution is 2.41. The van der Waals surface area contributed by atoms with Gasteiger partial charge in [-0.25, -0.2) is 18.4 Å². The first-order chi connectivity index (χ1) is 18.5. The molecule has 3 aromatic rings. The Labute approximate surface area is 244 Å². The number of aryl methyl sites for hydroxylation is 1. The molecule has 1 fully saturated rings. The van der Waals surface area contributed by atoms with Crippen molar-refractivity contribution in [2.75, 3.05) is 19.0 Å². The van der Waals surface area contributed by atoms with Crippen molar-refractivity contribution >= 4 is 49.5 Å². The zero-order valence-electron chi connectivity index (χ0n) is 24.3. The molecule has 1 aliphatic rings. The van der Waals surface area contributed by atoms with Crippen LogP contribution < -0.4 is 4.90 Å². The standard InChI is InChI=1S/C31H44ClN3O2S2/c1-20(2)39(36,37)28-19-38-27(30(28)32)18-21(3)22(4)24-16-14-23(15-17-24)10-9-13-29-33-26-12-8-7-11-25(26)31(34-29)35(5)6/h7-8,11-12,19-24H,9-10,13-18H2,1-6H3/t21?,22-,23?,24?/m0/s1. The number of nitrogens with zero attached hydrogens (tertiary/aromatic N) is 3. The van der Waals surface area contributed by atoms with Crippen molar-refractivity contribution in [2.24, 2.45) is 23.7 Å². The van der Waals surface area contributed by atoms with Gasteiger partial charge in [0.1, 0.15) is 11.6 Å². The van der Waals surface area contributed by atoms with E-state index in [9.17, 15) is 8.42 Å². The first-order valence-electron chi connectivity index (χ1n) is 14.4. The van der Waals surface area contributed by atoms with Crippen LogP contribution in [0.4, 0.5) is 5.82 Å². The minimum atomic E-state index is -3.34. The predicted octanol–water partition coefficient (Wildman–Crippen LogP) is 8.24. The van der Waals surface area contributed by atoms with Gasteiger partial charge in [0.05, 0.1) is 20.7 Å². The summed E-state index contributed by atoms with van der Waals surface area (Å²) >= 11 is 8.07. The molecule has 5 nitrogen and oxygen atoms in total. The second kappa shape index (κ2) is 12.9. The predicted molar refractivity (Wildman–Crippen MR) is 166 cm³/mol. The molecule has 2 heterocycles. The van der Waals surface area contributed by atoms with Crippen molar-refractivity contribution in [3.8, 4) is 0 Å². The van der Waals surface area contributed by atoms with E-state index in [2.05, 4.69) is 30.9 Å². The van der Waals surface area contributed by atoms with E-state index in [1.165, 1.54) is 43.4 Å². The number of thiophene rings is 1. The first kappa shape index (κ1) is 30.3. The summed E-state index contributed by atoms with van der Waals surface area (Å²) in [5, 5.41) is 2.83. The van der Waals surface area contributed by atoms with Gasteiger partial charge in [-0.1, -0.05) is 56.8 Å². The molecule has 0 N–H and O–H groups in total. The molecule has 8 heteroatoms. The molecule has 0 bridgehead atoms. The van der Waals surface area contributed by atoms with Crippen molar-refractivity contribution in [3.05, 3.63) is 45.4 Å². The number of anilines is 1. The average molecular weight is 590 g/mol. The van der Waals surface area contributed by atoms with Crippen molar-refractivity contribution in [1.29, 1.82) is 0 Å². The molecule has 4 rings (SSSR count). The fourth-order valence-electron chi connectivity index (χ4n) is 6.00. The molecule has 0 aliphatic heterocycles. The second-order valence-electron chi connectivity index (χ2n) is 12.0. The number of aromatic nitrogens is 2. The lowest BCUT2D eigenvalue weighted by atomic mass is 9.71. The van der Waals surface area contributed by atoms with Gasteiger partial charge in [0.15, 0.2) is 9.84 Å². The van der Waals surface area contributed by atoms with E-state index in [4.69, 9.17) is 21.6 Å². The maximum atomic E-state index is 12.6. The summed E-state index contributed by atoms with van der Waals surface area (Å²) in [7, 11) is 0.746. The summed E-state index contributed by atoms with van der Waals surface area (Å²) < 4.78 is 25.3. The third-order valence-corrected chi connectivity index (χ3v) is 12.8. The fraction of sp³-hybridized carbons (Fsp3) is 0.613. The Morgan fingerprint density at radius 1 is 1.05 bits per heavy atom. The fourth-order valence-corrected chi connectivity index (χ4v) is 9.22. The zero-order valence-corrected chi connectivity index (χ0v) is 26.7. The Morgan fingerprint density at radius 2 is 1.74 bits per heavy atom. The Bertz CT molecular complexity index is 1360. The van der Waals surface area contributed by atoms with E-state index in [0.29, 0.717) is 21.8 Å². The van der Waals surface area contributed by atoms with Crippen LogP contribution in [0.5, 0.6) is 0 Å². The lowest BCUT2D eigenvalue weighted by Gasteiger charge is -2.35. The minimum absolute atomic E-state index is 0.312. The van der Waals surface area contributed by atoms with Gasteiger partial charge in [0.2, 0.25) is 0 Å². The summed E-state index contributed by atoms with van der Waals surface area (Å²) in [6.07, 6.45) is 9.28. The second-order valence-corrected chi connectivity index (χ2v) is 15.8. The molecule has 39 heavy (non-hydrogen) atoms. The number of sulfone groups is 1. The number of benzene rings is 1. The van der Waals surface area contributed by atoms with E-state index in [1.807, 2.05) is 26.2 Å². The number of hydrogen-bond donors (Lipinski definition) is 0. The maximum Gasteiger partial charge on any atom is 0.182 e. The number of fused-ring (bicyclic) bond motifs is 1. The van der Waals surface area contributed by atoms with Gasteiger partial charge >= 0.3 is 0 Å². The monoisotopic (exact) mass is 589 g/mol. The Hall–Kier alpha value is -1.70. The average Bonchev–Trinajstić information content (AvgIpc) is 3.28. The van der Waals surface area contributed by atoms with Crippen LogP contribution in [0.1, 0.15) is 76.9 Å². The third kappa shape index (κ3) is 6.97. The van der Waals surface area contributed by atoms with Gasteiger partial charge in [-0.15, -0.1) is 11.3 Å². The van der Waals surface area contributed by atoms with E-state index < -0.39 is 15.1 Å². The topological polar surface area (TPSA) is 63.2 Å². The normalized spacial score (nSPS) is 19.9. The van der Waals surface area contributed by atoms with Crippen molar-refractivity contribution < 1.29 is 8.42 Å². The summed E-state index contributed by atoms with van der Waals surface area (Å²) in [5.41, 5.74) is 1.02. The molecule has 1 saturated carbocycles. The van der Waals surface area contributed by atoms with Crippen molar-refractivity contribution in [1.82, 2.24) is 9.97 Å². The number of rotatable bonds is 11. The van der Waals surface area contributed by atoms with Gasteiger partial charge in [-0.3, -0.25) is 0 Å². The lowest BCUT2D eigenvalue weighted by Crippen LogP contribution is -2.25. The van der Waals surface area contributed by atoms with Gasteiger partial charge in [0.25, 0.3) is 0 Å². The Balaban J connectivity index is 1.26. The Kier molecular flexibility index (Phi) is 9.98. The Morgan fingerprint density at radius 3 is 2.41 bits per heavy atom. The van der Waals surface area contributed by atoms with E-state index >= 15 is 0 Å². The van der Waals surface area contributed by atoms with Crippen LogP contribution in [-0.4, -0.2) is 37.7 Å². The highest BCUT2D eigenvalue weighted by atomic mass is 35.5. The molecule has 2 atom stereocenters. The van der Waals surface area contributed by atoms with Crippen LogP contribution in [0.3, 0.4) is 0 Å². The summed E-state index contributed by atoms with van der Waals surface area (Å²) in [4.78, 5) is 13.1. The van der Waals surface area contributed by atoms with Gasteiger partial charge in [-0.05, 0) is 75.3 Å². The van der Waals surface area contributed by atoms with Crippen LogP contribution in [0.25, 0.3) is 10.9 Å². The molecule has 1 unspecified atom stereocenters. The first-order valence-corrected chi connectivity index (χ1v) is 17.2. The van der Waals surface area contributed by atoms with Crippen LogP contribution in [0.15, 0.2) is 34.5 Å². The summed E-state index contributed by atoms with van der Waals surface area (Å²) in [6, 6.07) is 8.26. The quantitative estimate of drug-likeness (QED) is 0.225. The number of halogens is 1. The molecule has 0 spiro atoms. The van der Waals surface area contributed by atoms with Crippen molar-refractivity contribution in [3.63, 3.8) is 0 Å². The van der Waals surface area contributed by atoms with Crippen LogP contribution >= 0.6 is 22.9 Å². The van der Waals surface area contributed by atoms with Gasteiger partial charge in [0, 0.05) is 36.2 Å². The molecule has 0 radical (unpaired) electrons. The molecular weight excluding hydrogens is 546 g/mol. The van der Waals surface area contributed by atoms with Crippen LogP contribution in [0.2, 0.25) is 5.02 Å². The van der Waals surface area contributed by atoms with E-state index in [-0.39, 0.29) is 0 Å². The number of para-hydroxylation sites is 1. The number of hydrogen-bond acceptors (Lipinski definition) is 6. The van der Waals surface area contributed by atoms with Gasteiger partial charge < -0.3 is 4.90 Å². The minimum Gasteiger partial charge on any atom is -0.362 e. The van der Waals surface area contributed by atoms with Gasteiger partial charge in [-0.2, -0.15) is 0 Å². The largest absolute Gasteiger partial charge is 0.362 e. The molecule has 0 saturated heterocycles. The maximum absolute atomic E-state index is 12.6. The van der Waals surface area contributed by atoms with E-state index in [0.717, 1.165) is 58.5 Å². The molecule has 1 aliphatic carbocycles. The van der Waals surface area contributed by atoms with Crippen LogP contribution in [-0.2, 0) is 22.7 Å². The van der Waals surface area contributed by atoms with Crippen molar-refractivity contribution in [2.45, 2.75) is 89.2 Å². The smallest absolute Gasteiger partial charge is 0.182 e. The van der Waals surface area contributed by atoms with Crippen LogP contribution in [0, 0.1) is 23.7 Å². The lowest BCUT2D eigenvalue weighted by molar-refractivity contribution is 0.167. The highest BCUT2D eigenvalue weighted by Gasteiger charge is 2.30. The molecule has 214 valence electrons. The molecule has 0 amide bonds. The third-order valence-electron chi connectivity index (χ3n) is 8.80. The summed E-state index contributed by atoms with van der Waals surface area (Å²) in [5.74, 6) is 4.51. The molecular formula is C31H44ClN3O2S2. The SMILES string of the molecule is CC(Cc1scc(S(=O)(=O)C(C)C)c1Cl)[C@H](C)C1CCC(CCCc2nc(N(C)C)c3ccccc3n2)CC1. The highest BCUT2D eigenvalue weighted by molar-refractivity contribution is 7.92. The van der Waals surface area contributed by atoms with E-state index in [1.54, 1.807) is 19.2 Å². The summed E-state index contributed by atoms with van der Waals surface area (Å²) in [6.45, 7) is 8.10. The molecule has 1 aromatic carbocycles. The molecule has 2 aromatic heterocycles. The zero-order chi connectivity index (χ0) is 28.3.